The Hall–Kier alpha value is -1.62. The van der Waals surface area contributed by atoms with Crippen molar-refractivity contribution < 1.29 is 14.6 Å². The minimum atomic E-state index is -0.279. The maximum atomic E-state index is 12.0. The molecule has 2 heterocycles. The van der Waals surface area contributed by atoms with E-state index in [0.717, 1.165) is 19.4 Å². The van der Waals surface area contributed by atoms with Crippen LogP contribution in [0.4, 0.5) is 0 Å². The normalized spacial score (nSPS) is 19.2. The number of hydrogen-bond donors (Lipinski definition) is 1. The van der Waals surface area contributed by atoms with Gasteiger partial charge < -0.3 is 14.7 Å². The molecule has 1 aromatic heterocycles. The molecule has 92 valence electrons. The fourth-order valence-electron chi connectivity index (χ4n) is 1.92. The maximum Gasteiger partial charge on any atom is 0.276 e. The van der Waals surface area contributed by atoms with Crippen LogP contribution in [0.25, 0.3) is 0 Å². The highest BCUT2D eigenvalue weighted by Gasteiger charge is 2.22. The van der Waals surface area contributed by atoms with Gasteiger partial charge in [-0.3, -0.25) is 4.79 Å². The molecule has 1 saturated heterocycles. The summed E-state index contributed by atoms with van der Waals surface area (Å²) in [5.41, 5.74) is 0.0907. The molecule has 1 fully saturated rings. The van der Waals surface area contributed by atoms with Gasteiger partial charge in [-0.05, 0) is 25.0 Å². The largest absolute Gasteiger partial charge is 0.505 e. The number of ether oxygens (including phenoxy) is 1. The first-order chi connectivity index (χ1) is 8.18. The van der Waals surface area contributed by atoms with Crippen molar-refractivity contribution in [2.24, 2.45) is 0 Å². The van der Waals surface area contributed by atoms with Gasteiger partial charge in [-0.1, -0.05) is 0 Å². The molecule has 1 N–H and O–H groups in total. The molecule has 0 radical (unpaired) electrons. The van der Waals surface area contributed by atoms with E-state index < -0.39 is 0 Å². The van der Waals surface area contributed by atoms with Gasteiger partial charge >= 0.3 is 0 Å². The second-order valence-electron chi connectivity index (χ2n) is 4.19. The van der Waals surface area contributed by atoms with Crippen LogP contribution in [-0.4, -0.2) is 47.2 Å². The first-order valence-electron chi connectivity index (χ1n) is 5.69. The summed E-state index contributed by atoms with van der Waals surface area (Å²) in [5, 5.41) is 9.55. The molecule has 0 spiro atoms. The SMILES string of the molecule is CN(CC1CCCO1)C(=O)c1ncccc1O. The molecule has 0 saturated carbocycles. The van der Waals surface area contributed by atoms with Crippen LogP contribution in [0.15, 0.2) is 18.3 Å². The van der Waals surface area contributed by atoms with E-state index in [1.165, 1.54) is 17.2 Å². The minimum Gasteiger partial charge on any atom is -0.505 e. The molecule has 17 heavy (non-hydrogen) atoms. The number of rotatable bonds is 3. The number of aromatic nitrogens is 1. The quantitative estimate of drug-likeness (QED) is 0.851. The fourth-order valence-corrected chi connectivity index (χ4v) is 1.92. The third kappa shape index (κ3) is 2.74. The Morgan fingerprint density at radius 3 is 3.18 bits per heavy atom. The summed E-state index contributed by atoms with van der Waals surface area (Å²) in [6, 6.07) is 3.05. The average molecular weight is 236 g/mol. The van der Waals surface area contributed by atoms with Gasteiger partial charge in [-0.2, -0.15) is 0 Å². The highest BCUT2D eigenvalue weighted by atomic mass is 16.5. The van der Waals surface area contributed by atoms with Gasteiger partial charge in [0.1, 0.15) is 5.75 Å². The van der Waals surface area contributed by atoms with Crippen molar-refractivity contribution in [1.82, 2.24) is 9.88 Å². The average Bonchev–Trinajstić information content (AvgIpc) is 2.81. The Bertz CT molecular complexity index is 402. The van der Waals surface area contributed by atoms with Gasteiger partial charge in [-0.25, -0.2) is 4.98 Å². The maximum absolute atomic E-state index is 12.0. The van der Waals surface area contributed by atoms with Crippen LogP contribution in [0.2, 0.25) is 0 Å². The van der Waals surface area contributed by atoms with Crippen LogP contribution >= 0.6 is 0 Å². The topological polar surface area (TPSA) is 62.7 Å². The lowest BCUT2D eigenvalue weighted by atomic mass is 10.2. The van der Waals surface area contributed by atoms with E-state index in [2.05, 4.69) is 4.98 Å². The van der Waals surface area contributed by atoms with Gasteiger partial charge in [0.15, 0.2) is 5.69 Å². The number of aromatic hydroxyl groups is 1. The van der Waals surface area contributed by atoms with E-state index in [1.807, 2.05) is 0 Å². The van der Waals surface area contributed by atoms with Gasteiger partial charge in [0.2, 0.25) is 0 Å². The van der Waals surface area contributed by atoms with Crippen molar-refractivity contribution in [2.45, 2.75) is 18.9 Å². The van der Waals surface area contributed by atoms with Crippen LogP contribution in [0.1, 0.15) is 23.3 Å². The Labute approximate surface area is 100 Å². The number of carbonyl (C=O) groups excluding carboxylic acids is 1. The number of amides is 1. The summed E-state index contributed by atoms with van der Waals surface area (Å²) in [5.74, 6) is -0.365. The smallest absolute Gasteiger partial charge is 0.276 e. The Balaban J connectivity index is 2.01. The fraction of sp³-hybridized carbons (Fsp3) is 0.500. The van der Waals surface area contributed by atoms with Gasteiger partial charge in [0.25, 0.3) is 5.91 Å². The molecule has 0 bridgehead atoms. The number of hydrogen-bond acceptors (Lipinski definition) is 4. The third-order valence-electron chi connectivity index (χ3n) is 2.84. The van der Waals surface area contributed by atoms with E-state index in [1.54, 1.807) is 13.1 Å². The summed E-state index contributed by atoms with van der Waals surface area (Å²) >= 11 is 0. The van der Waals surface area contributed by atoms with Crippen molar-refractivity contribution in [2.75, 3.05) is 20.2 Å². The summed E-state index contributed by atoms with van der Waals surface area (Å²) in [6.45, 7) is 1.30. The van der Waals surface area contributed by atoms with E-state index in [0.29, 0.717) is 6.54 Å². The highest BCUT2D eigenvalue weighted by molar-refractivity contribution is 5.94. The second kappa shape index (κ2) is 5.14. The zero-order valence-electron chi connectivity index (χ0n) is 9.80. The van der Waals surface area contributed by atoms with Gasteiger partial charge in [0.05, 0.1) is 6.10 Å². The molecule has 1 aromatic rings. The molecular weight excluding hydrogens is 220 g/mol. The van der Waals surface area contributed by atoms with Crippen molar-refractivity contribution in [3.63, 3.8) is 0 Å². The van der Waals surface area contributed by atoms with Crippen molar-refractivity contribution in [1.29, 1.82) is 0 Å². The number of likely N-dealkylation sites (N-methyl/N-ethyl adjacent to an activating group) is 1. The molecule has 5 nitrogen and oxygen atoms in total. The zero-order valence-corrected chi connectivity index (χ0v) is 9.80. The molecule has 1 atom stereocenters. The highest BCUT2D eigenvalue weighted by Crippen LogP contribution is 2.17. The monoisotopic (exact) mass is 236 g/mol. The molecule has 5 heteroatoms. The Kier molecular flexibility index (Phi) is 3.58. The van der Waals surface area contributed by atoms with Crippen LogP contribution < -0.4 is 0 Å². The van der Waals surface area contributed by atoms with E-state index in [4.69, 9.17) is 4.74 Å². The lowest BCUT2D eigenvalue weighted by Gasteiger charge is -2.20. The van der Waals surface area contributed by atoms with Gasteiger partial charge in [-0.15, -0.1) is 0 Å². The molecular formula is C12H16N2O3. The summed E-state index contributed by atoms with van der Waals surface area (Å²) in [6.07, 6.45) is 3.62. The van der Waals surface area contributed by atoms with Crippen LogP contribution in [-0.2, 0) is 4.74 Å². The zero-order chi connectivity index (χ0) is 12.3. The minimum absolute atomic E-state index is 0.0864. The first kappa shape index (κ1) is 11.9. The molecule has 0 aromatic carbocycles. The van der Waals surface area contributed by atoms with E-state index in [9.17, 15) is 9.90 Å². The summed E-state index contributed by atoms with van der Waals surface area (Å²) < 4.78 is 5.46. The van der Waals surface area contributed by atoms with Crippen LogP contribution in [0.3, 0.4) is 0 Å². The molecule has 2 rings (SSSR count). The van der Waals surface area contributed by atoms with E-state index in [-0.39, 0.29) is 23.5 Å². The van der Waals surface area contributed by atoms with E-state index >= 15 is 0 Å². The van der Waals surface area contributed by atoms with Crippen molar-refractivity contribution in [3.8, 4) is 5.75 Å². The van der Waals surface area contributed by atoms with Crippen LogP contribution in [0.5, 0.6) is 5.75 Å². The summed E-state index contributed by atoms with van der Waals surface area (Å²) in [4.78, 5) is 17.4. The molecule has 0 aliphatic carbocycles. The lowest BCUT2D eigenvalue weighted by Crippen LogP contribution is -2.34. The van der Waals surface area contributed by atoms with Crippen molar-refractivity contribution in [3.05, 3.63) is 24.0 Å². The third-order valence-corrected chi connectivity index (χ3v) is 2.84. The van der Waals surface area contributed by atoms with Gasteiger partial charge in [0, 0.05) is 26.4 Å². The molecule has 1 amide bonds. The second-order valence-corrected chi connectivity index (χ2v) is 4.19. The predicted octanol–water partition coefficient (Wildman–Crippen LogP) is 1.04. The van der Waals surface area contributed by atoms with Crippen LogP contribution in [0, 0.1) is 0 Å². The lowest BCUT2D eigenvalue weighted by molar-refractivity contribution is 0.0580. The first-order valence-corrected chi connectivity index (χ1v) is 5.69. The van der Waals surface area contributed by atoms with Crippen molar-refractivity contribution >= 4 is 5.91 Å². The molecule has 1 aliphatic heterocycles. The summed E-state index contributed by atoms with van der Waals surface area (Å²) in [7, 11) is 1.69. The molecule has 1 aliphatic rings. The Morgan fingerprint density at radius 1 is 1.71 bits per heavy atom. The molecule has 1 unspecified atom stereocenters. The number of carbonyl (C=O) groups is 1. The Morgan fingerprint density at radius 2 is 2.53 bits per heavy atom. The number of nitrogens with zero attached hydrogens (tertiary/aromatic N) is 2. The number of pyridine rings is 1. The standard InChI is InChI=1S/C12H16N2O3/c1-14(8-9-4-3-7-17-9)12(16)11-10(15)5-2-6-13-11/h2,5-6,9,15H,3-4,7-8H2,1H3. The predicted molar refractivity (Wildman–Crippen MR) is 61.8 cm³/mol.